The van der Waals surface area contributed by atoms with Crippen molar-refractivity contribution >= 4 is 16.1 Å². The SMILES string of the molecule is O=C(NCc1cccc(C(F)(F)F)c1)NS(=O)(=O)c1cccc(C(F)(F)F)c1. The van der Waals surface area contributed by atoms with Crippen molar-refractivity contribution in [3.63, 3.8) is 0 Å². The zero-order valence-electron chi connectivity index (χ0n) is 13.7. The van der Waals surface area contributed by atoms with Gasteiger partial charge in [-0.3, -0.25) is 0 Å². The molecule has 0 saturated heterocycles. The number of hydrogen-bond acceptors (Lipinski definition) is 3. The molecule has 0 bridgehead atoms. The van der Waals surface area contributed by atoms with E-state index < -0.39 is 51.0 Å². The molecule has 0 spiro atoms. The summed E-state index contributed by atoms with van der Waals surface area (Å²) < 4.78 is 101. The molecular formula is C16H12F6N2O3S. The third kappa shape index (κ3) is 5.62. The highest BCUT2D eigenvalue weighted by molar-refractivity contribution is 7.90. The van der Waals surface area contributed by atoms with E-state index in [1.807, 2.05) is 5.32 Å². The smallest absolute Gasteiger partial charge is 0.333 e. The van der Waals surface area contributed by atoms with E-state index in [-0.39, 0.29) is 5.56 Å². The second kappa shape index (κ2) is 7.70. The molecule has 2 rings (SSSR count). The fourth-order valence-corrected chi connectivity index (χ4v) is 3.07. The van der Waals surface area contributed by atoms with Gasteiger partial charge in [0, 0.05) is 6.54 Å². The summed E-state index contributed by atoms with van der Waals surface area (Å²) in [5.74, 6) is 0. The quantitative estimate of drug-likeness (QED) is 0.728. The van der Waals surface area contributed by atoms with Crippen molar-refractivity contribution in [2.75, 3.05) is 0 Å². The van der Waals surface area contributed by atoms with E-state index in [1.165, 1.54) is 10.8 Å². The monoisotopic (exact) mass is 426 g/mol. The minimum Gasteiger partial charge on any atom is -0.333 e. The van der Waals surface area contributed by atoms with Gasteiger partial charge in [-0.25, -0.2) is 17.9 Å². The van der Waals surface area contributed by atoms with E-state index in [1.54, 1.807) is 0 Å². The van der Waals surface area contributed by atoms with Gasteiger partial charge in [-0.2, -0.15) is 26.3 Å². The molecule has 0 unspecified atom stereocenters. The molecule has 2 amide bonds. The summed E-state index contributed by atoms with van der Waals surface area (Å²) >= 11 is 0. The standard InChI is InChI=1S/C16H12F6N2O3S/c17-15(18,19)11-4-1-3-10(7-11)9-23-14(25)24-28(26,27)13-6-2-5-12(8-13)16(20,21)22/h1-8H,9H2,(H2,23,24,25). The second-order valence-corrected chi connectivity index (χ2v) is 7.19. The number of nitrogens with one attached hydrogen (secondary N) is 2. The van der Waals surface area contributed by atoms with Gasteiger partial charge in [0.2, 0.25) is 0 Å². The Morgan fingerprint density at radius 1 is 0.857 bits per heavy atom. The maximum Gasteiger partial charge on any atom is 0.416 e. The maximum atomic E-state index is 12.7. The van der Waals surface area contributed by atoms with Crippen LogP contribution in [0.3, 0.4) is 0 Å². The minimum atomic E-state index is -4.78. The van der Waals surface area contributed by atoms with Crippen molar-refractivity contribution in [1.82, 2.24) is 10.0 Å². The van der Waals surface area contributed by atoms with Gasteiger partial charge >= 0.3 is 18.4 Å². The van der Waals surface area contributed by atoms with Crippen LogP contribution in [-0.4, -0.2) is 14.4 Å². The van der Waals surface area contributed by atoms with Crippen LogP contribution in [-0.2, 0) is 28.9 Å². The number of carbonyl (C=O) groups is 1. The highest BCUT2D eigenvalue weighted by atomic mass is 32.2. The van der Waals surface area contributed by atoms with E-state index in [0.29, 0.717) is 12.1 Å². The molecule has 0 aliphatic heterocycles. The molecule has 28 heavy (non-hydrogen) atoms. The predicted octanol–water partition coefficient (Wildman–Crippen LogP) is 3.91. The molecule has 0 aliphatic carbocycles. The van der Waals surface area contributed by atoms with Crippen molar-refractivity contribution in [2.24, 2.45) is 0 Å². The van der Waals surface area contributed by atoms with Gasteiger partial charge in [-0.05, 0) is 35.9 Å². The lowest BCUT2D eigenvalue weighted by atomic mass is 10.1. The molecule has 0 fully saturated rings. The molecule has 0 aromatic heterocycles. The molecule has 5 nitrogen and oxygen atoms in total. The molecule has 0 atom stereocenters. The van der Waals surface area contributed by atoms with Crippen LogP contribution in [0.25, 0.3) is 0 Å². The molecule has 152 valence electrons. The first-order valence-electron chi connectivity index (χ1n) is 7.43. The van der Waals surface area contributed by atoms with Crippen LogP contribution in [0.5, 0.6) is 0 Å². The molecule has 2 aromatic rings. The van der Waals surface area contributed by atoms with Crippen LogP contribution in [0.1, 0.15) is 16.7 Å². The Kier molecular flexibility index (Phi) is 5.92. The van der Waals surface area contributed by atoms with Crippen LogP contribution in [0.15, 0.2) is 53.4 Å². The zero-order chi connectivity index (χ0) is 21.2. The van der Waals surface area contributed by atoms with Crippen LogP contribution < -0.4 is 10.0 Å². The number of amides is 2. The molecule has 0 radical (unpaired) electrons. The normalized spacial score (nSPS) is 12.5. The van der Waals surface area contributed by atoms with Gasteiger partial charge < -0.3 is 5.32 Å². The average molecular weight is 426 g/mol. The summed E-state index contributed by atoms with van der Waals surface area (Å²) in [7, 11) is -4.62. The number of alkyl halides is 6. The summed E-state index contributed by atoms with van der Waals surface area (Å²) in [6.45, 7) is -0.437. The number of hydrogen-bond donors (Lipinski definition) is 2. The van der Waals surface area contributed by atoms with E-state index in [4.69, 9.17) is 0 Å². The van der Waals surface area contributed by atoms with Gasteiger partial charge in [0.25, 0.3) is 10.0 Å². The number of sulfonamides is 1. The highest BCUT2D eigenvalue weighted by Gasteiger charge is 2.32. The first kappa shape index (κ1) is 21.5. The van der Waals surface area contributed by atoms with Crippen molar-refractivity contribution in [3.05, 3.63) is 65.2 Å². The van der Waals surface area contributed by atoms with Crippen LogP contribution in [0.4, 0.5) is 31.1 Å². The van der Waals surface area contributed by atoms with Crippen molar-refractivity contribution in [1.29, 1.82) is 0 Å². The van der Waals surface area contributed by atoms with Crippen molar-refractivity contribution in [3.8, 4) is 0 Å². The number of benzene rings is 2. The molecule has 2 aromatic carbocycles. The summed E-state index contributed by atoms with van der Waals surface area (Å²) in [5.41, 5.74) is -2.13. The Morgan fingerprint density at radius 3 is 1.96 bits per heavy atom. The maximum absolute atomic E-state index is 12.7. The van der Waals surface area contributed by atoms with Gasteiger partial charge in [-0.1, -0.05) is 18.2 Å². The predicted molar refractivity (Wildman–Crippen MR) is 85.4 cm³/mol. The molecule has 12 heteroatoms. The first-order valence-corrected chi connectivity index (χ1v) is 8.91. The van der Waals surface area contributed by atoms with Crippen LogP contribution >= 0.6 is 0 Å². The topological polar surface area (TPSA) is 75.3 Å². The van der Waals surface area contributed by atoms with Crippen molar-refractivity contribution in [2.45, 2.75) is 23.8 Å². The van der Waals surface area contributed by atoms with E-state index in [0.717, 1.165) is 30.3 Å². The second-order valence-electron chi connectivity index (χ2n) is 5.51. The largest absolute Gasteiger partial charge is 0.416 e. The summed E-state index contributed by atoms with van der Waals surface area (Å²) in [4.78, 5) is 10.9. The van der Waals surface area contributed by atoms with Gasteiger partial charge in [0.05, 0.1) is 16.0 Å². The highest BCUT2D eigenvalue weighted by Crippen LogP contribution is 2.31. The molecule has 0 aliphatic rings. The number of carbonyl (C=O) groups excluding carboxylic acids is 1. The summed E-state index contributed by atoms with van der Waals surface area (Å²) in [6, 6.07) is 5.39. The lowest BCUT2D eigenvalue weighted by Gasteiger charge is -2.12. The fourth-order valence-electron chi connectivity index (χ4n) is 2.10. The number of rotatable bonds is 4. The van der Waals surface area contributed by atoms with Crippen molar-refractivity contribution < 1.29 is 39.6 Å². The Morgan fingerprint density at radius 2 is 1.39 bits per heavy atom. The van der Waals surface area contributed by atoms with Crippen LogP contribution in [0, 0.1) is 0 Å². The van der Waals surface area contributed by atoms with Gasteiger partial charge in [0.1, 0.15) is 0 Å². The van der Waals surface area contributed by atoms with Gasteiger partial charge in [-0.15, -0.1) is 0 Å². The molecule has 0 saturated carbocycles. The molecule has 2 N–H and O–H groups in total. The fraction of sp³-hybridized carbons (Fsp3) is 0.188. The molecular weight excluding hydrogens is 414 g/mol. The average Bonchev–Trinajstić information content (AvgIpc) is 2.58. The number of urea groups is 1. The Bertz CT molecular complexity index is 971. The Hall–Kier alpha value is -2.76. The lowest BCUT2D eigenvalue weighted by Crippen LogP contribution is -2.39. The molecule has 0 heterocycles. The summed E-state index contributed by atoms with van der Waals surface area (Å²) in [6.07, 6.45) is -9.37. The van der Waals surface area contributed by atoms with E-state index >= 15 is 0 Å². The minimum absolute atomic E-state index is 0.0430. The van der Waals surface area contributed by atoms with Crippen LogP contribution in [0.2, 0.25) is 0 Å². The van der Waals surface area contributed by atoms with E-state index in [9.17, 15) is 39.6 Å². The van der Waals surface area contributed by atoms with Gasteiger partial charge in [0.15, 0.2) is 0 Å². The first-order chi connectivity index (χ1) is 12.8. The Labute approximate surface area is 155 Å². The lowest BCUT2D eigenvalue weighted by molar-refractivity contribution is -0.138. The number of halogens is 6. The van der Waals surface area contributed by atoms with E-state index in [2.05, 4.69) is 0 Å². The third-order valence-electron chi connectivity index (χ3n) is 3.41. The zero-order valence-corrected chi connectivity index (χ0v) is 14.5. The Balaban J connectivity index is 2.07. The third-order valence-corrected chi connectivity index (χ3v) is 4.73. The summed E-state index contributed by atoms with van der Waals surface area (Å²) in [5, 5.41) is 2.03.